The highest BCUT2D eigenvalue weighted by molar-refractivity contribution is 7.89. The van der Waals surface area contributed by atoms with Crippen molar-refractivity contribution in [3.05, 3.63) is 70.8 Å². The Kier molecular flexibility index (Phi) is 7.86. The molecular weight excluding hydrogens is 350 g/mol. The van der Waals surface area contributed by atoms with Crippen LogP contribution in [0.3, 0.4) is 0 Å². The van der Waals surface area contributed by atoms with E-state index >= 15 is 0 Å². The quantitative estimate of drug-likeness (QED) is 0.703. The van der Waals surface area contributed by atoms with E-state index < -0.39 is 15.3 Å². The van der Waals surface area contributed by atoms with Crippen molar-refractivity contribution in [3.63, 3.8) is 0 Å². The van der Waals surface area contributed by atoms with Crippen LogP contribution in [0.4, 0.5) is 0 Å². The number of ketones is 2. The number of hydrogen-bond acceptors (Lipinski definition) is 4. The Morgan fingerprint density at radius 3 is 1.12 bits per heavy atom. The molecule has 2 aromatic carbocycles. The molecule has 0 saturated carbocycles. The van der Waals surface area contributed by atoms with E-state index in [4.69, 9.17) is 0 Å². The highest BCUT2D eigenvalue weighted by Crippen LogP contribution is 2.26. The number of fused-ring (bicyclic) bond motifs is 2. The van der Waals surface area contributed by atoms with Crippen LogP contribution < -0.4 is 5.14 Å². The van der Waals surface area contributed by atoms with E-state index in [1.807, 2.05) is 0 Å². The van der Waals surface area contributed by atoms with Crippen LogP contribution in [0.15, 0.2) is 48.5 Å². The van der Waals surface area contributed by atoms with Crippen LogP contribution >= 0.6 is 0 Å². The van der Waals surface area contributed by atoms with Gasteiger partial charge in [-0.25, -0.2) is 13.6 Å². The molecule has 1 aliphatic rings. The van der Waals surface area contributed by atoms with Crippen LogP contribution in [-0.4, -0.2) is 25.2 Å². The lowest BCUT2D eigenvalue weighted by atomic mass is 9.84. The lowest BCUT2D eigenvalue weighted by Gasteiger charge is -2.16. The van der Waals surface area contributed by atoms with Crippen molar-refractivity contribution in [2.45, 2.75) is 39.4 Å². The highest BCUT2D eigenvalue weighted by atomic mass is 32.2. The van der Waals surface area contributed by atoms with Gasteiger partial charge < -0.3 is 0 Å². The lowest BCUT2D eigenvalue weighted by Crippen LogP contribution is -2.22. The molecule has 0 heterocycles. The molecule has 26 heavy (non-hydrogen) atoms. The predicted molar refractivity (Wildman–Crippen MR) is 104 cm³/mol. The molecule has 1 aliphatic carbocycles. The third kappa shape index (κ3) is 5.34. The number of benzene rings is 2. The van der Waals surface area contributed by atoms with Gasteiger partial charge >= 0.3 is 0 Å². The Bertz CT molecular complexity index is 781. The second-order valence-corrected chi connectivity index (χ2v) is 8.22. The van der Waals surface area contributed by atoms with Crippen molar-refractivity contribution >= 4 is 21.6 Å². The van der Waals surface area contributed by atoms with E-state index in [1.54, 1.807) is 48.5 Å². The van der Waals surface area contributed by atoms with E-state index in [0.29, 0.717) is 22.3 Å². The Morgan fingerprint density at radius 2 is 0.962 bits per heavy atom. The van der Waals surface area contributed by atoms with Crippen LogP contribution in [0.2, 0.25) is 0 Å². The number of rotatable bonds is 1. The number of hydrogen-bond donors (Lipinski definition) is 1. The summed E-state index contributed by atoms with van der Waals surface area (Å²) in [6.07, 6.45) is 1.25. The first kappa shape index (κ1) is 21.7. The SMILES string of the molecule is CC(C)S(N)(=O)=O.CCC.O=C1c2ccccc2C(=O)c2ccccc21. The first-order chi connectivity index (χ1) is 12.1. The topological polar surface area (TPSA) is 94.3 Å². The number of primary sulfonamides is 1. The van der Waals surface area contributed by atoms with Gasteiger partial charge in [0.1, 0.15) is 0 Å². The first-order valence-corrected chi connectivity index (χ1v) is 10.0. The van der Waals surface area contributed by atoms with Gasteiger partial charge in [0, 0.05) is 22.3 Å². The van der Waals surface area contributed by atoms with Gasteiger partial charge in [-0.05, 0) is 13.8 Å². The van der Waals surface area contributed by atoms with Crippen molar-refractivity contribution in [1.29, 1.82) is 0 Å². The molecule has 0 aliphatic heterocycles. The summed E-state index contributed by atoms with van der Waals surface area (Å²) >= 11 is 0. The fourth-order valence-electron chi connectivity index (χ4n) is 2.05. The fraction of sp³-hybridized carbons (Fsp3) is 0.300. The van der Waals surface area contributed by atoms with Gasteiger partial charge in [-0.3, -0.25) is 9.59 Å². The summed E-state index contributed by atoms with van der Waals surface area (Å²) in [5, 5.41) is 4.20. The molecule has 0 aromatic heterocycles. The Balaban J connectivity index is 0.000000286. The van der Waals surface area contributed by atoms with Crippen molar-refractivity contribution in [2.75, 3.05) is 0 Å². The molecule has 0 atom stereocenters. The average Bonchev–Trinajstić information content (AvgIpc) is 2.60. The van der Waals surface area contributed by atoms with Gasteiger partial charge in [-0.2, -0.15) is 0 Å². The van der Waals surface area contributed by atoms with Gasteiger partial charge in [0.25, 0.3) is 0 Å². The van der Waals surface area contributed by atoms with Gasteiger partial charge in [-0.15, -0.1) is 0 Å². The standard InChI is InChI=1S/C14H8O2.C3H9NO2S.C3H8/c15-13-9-5-1-2-6-10(9)14(16)12-8-4-3-7-11(12)13;1-3(2)7(4,5)6;1-3-2/h1-8H;3H,1-2H3,(H2,4,5,6);3H2,1-2H3. The fourth-order valence-corrected chi connectivity index (χ4v) is 2.05. The molecule has 0 bridgehead atoms. The van der Waals surface area contributed by atoms with E-state index in [2.05, 4.69) is 19.0 Å². The zero-order chi connectivity index (χ0) is 19.9. The summed E-state index contributed by atoms with van der Waals surface area (Å²) in [5.41, 5.74) is 2.02. The number of carbonyl (C=O) groups is 2. The van der Waals surface area contributed by atoms with Gasteiger partial charge in [0.2, 0.25) is 10.0 Å². The molecule has 0 radical (unpaired) electrons. The van der Waals surface area contributed by atoms with Crippen LogP contribution in [0.5, 0.6) is 0 Å². The molecule has 3 rings (SSSR count). The normalized spacial score (nSPS) is 12.2. The number of nitrogens with two attached hydrogens (primary N) is 1. The summed E-state index contributed by atoms with van der Waals surface area (Å²) in [5.74, 6) is -0.128. The molecule has 0 unspecified atom stereocenters. The molecular formula is C20H25NO4S. The van der Waals surface area contributed by atoms with E-state index in [9.17, 15) is 18.0 Å². The second kappa shape index (κ2) is 9.40. The monoisotopic (exact) mass is 375 g/mol. The van der Waals surface area contributed by atoms with Crippen LogP contribution in [0, 0.1) is 0 Å². The number of sulfonamides is 1. The number of carbonyl (C=O) groups excluding carboxylic acids is 2. The van der Waals surface area contributed by atoms with Crippen molar-refractivity contribution in [1.82, 2.24) is 0 Å². The minimum absolute atomic E-state index is 0.0641. The molecule has 140 valence electrons. The maximum atomic E-state index is 12.1. The summed E-state index contributed by atoms with van der Waals surface area (Å²) in [7, 11) is -3.24. The second-order valence-electron chi connectivity index (χ2n) is 6.09. The van der Waals surface area contributed by atoms with Crippen LogP contribution in [0.25, 0.3) is 0 Å². The first-order valence-electron chi connectivity index (χ1n) is 8.44. The summed E-state index contributed by atoms with van der Waals surface area (Å²) in [4.78, 5) is 24.2. The summed E-state index contributed by atoms with van der Waals surface area (Å²) < 4.78 is 20.2. The molecule has 2 N–H and O–H groups in total. The Labute approximate surface area is 155 Å². The average molecular weight is 375 g/mol. The smallest absolute Gasteiger partial charge is 0.211 e. The van der Waals surface area contributed by atoms with Crippen LogP contribution in [-0.2, 0) is 10.0 Å². The molecule has 5 nitrogen and oxygen atoms in total. The largest absolute Gasteiger partial charge is 0.289 e. The van der Waals surface area contributed by atoms with E-state index in [1.165, 1.54) is 20.3 Å². The molecule has 0 amide bonds. The zero-order valence-electron chi connectivity index (χ0n) is 15.5. The third-order valence-corrected chi connectivity index (χ3v) is 4.80. The van der Waals surface area contributed by atoms with Crippen molar-refractivity contribution in [2.24, 2.45) is 5.14 Å². The van der Waals surface area contributed by atoms with Crippen molar-refractivity contribution < 1.29 is 18.0 Å². The van der Waals surface area contributed by atoms with E-state index in [0.717, 1.165) is 0 Å². The zero-order valence-corrected chi connectivity index (χ0v) is 16.3. The Hall–Kier alpha value is -2.31. The molecule has 0 fully saturated rings. The maximum Gasteiger partial charge on any atom is 0.211 e. The van der Waals surface area contributed by atoms with Crippen molar-refractivity contribution in [3.8, 4) is 0 Å². The minimum Gasteiger partial charge on any atom is -0.289 e. The predicted octanol–water partition coefficient (Wildman–Crippen LogP) is 3.56. The highest BCUT2D eigenvalue weighted by Gasteiger charge is 2.28. The van der Waals surface area contributed by atoms with Gasteiger partial charge in [0.05, 0.1) is 5.25 Å². The maximum absolute atomic E-state index is 12.1. The summed E-state index contributed by atoms with van der Waals surface area (Å²) in [6, 6.07) is 13.9. The van der Waals surface area contributed by atoms with E-state index in [-0.39, 0.29) is 11.6 Å². The van der Waals surface area contributed by atoms with Gasteiger partial charge in [-0.1, -0.05) is 68.8 Å². The molecule has 6 heteroatoms. The third-order valence-electron chi connectivity index (χ3n) is 3.49. The molecule has 2 aromatic rings. The molecule has 0 spiro atoms. The van der Waals surface area contributed by atoms with Crippen LogP contribution in [0.1, 0.15) is 66.0 Å². The summed E-state index contributed by atoms with van der Waals surface area (Å²) in [6.45, 7) is 7.32. The minimum atomic E-state index is -3.24. The lowest BCUT2D eigenvalue weighted by molar-refractivity contribution is 0.0979. The Morgan fingerprint density at radius 1 is 0.769 bits per heavy atom. The molecule has 0 saturated heterocycles. The van der Waals surface area contributed by atoms with Gasteiger partial charge in [0.15, 0.2) is 11.6 Å².